The van der Waals surface area contributed by atoms with Crippen molar-refractivity contribution in [2.75, 3.05) is 36.0 Å². The molecule has 2 aromatic carbocycles. The van der Waals surface area contributed by atoms with Crippen LogP contribution in [0.1, 0.15) is 17.5 Å². The third kappa shape index (κ3) is 4.64. The van der Waals surface area contributed by atoms with Crippen LogP contribution < -0.4 is 21.0 Å². The molecule has 41 heavy (non-hydrogen) atoms. The molecule has 212 valence electrons. The van der Waals surface area contributed by atoms with Crippen LogP contribution in [0.25, 0.3) is 11.2 Å². The number of anilines is 2. The molecule has 0 bridgehead atoms. The number of hydrogen-bond donors (Lipinski definition) is 0. The summed E-state index contributed by atoms with van der Waals surface area (Å²) in [6, 6.07) is 14.2. The fraction of sp³-hybridized carbons (Fsp3) is 0.345. The lowest BCUT2D eigenvalue weighted by Crippen LogP contribution is -2.53. The summed E-state index contributed by atoms with van der Waals surface area (Å²) in [4.78, 5) is 62.3. The van der Waals surface area contributed by atoms with Crippen molar-refractivity contribution < 1.29 is 9.59 Å². The smallest absolute Gasteiger partial charge is 0.332 e. The van der Waals surface area contributed by atoms with Gasteiger partial charge >= 0.3 is 5.69 Å². The van der Waals surface area contributed by atoms with E-state index in [0.717, 1.165) is 15.7 Å². The summed E-state index contributed by atoms with van der Waals surface area (Å²) in [6.45, 7) is 4.53. The minimum atomic E-state index is -0.553. The number of imide groups is 1. The third-order valence-corrected chi connectivity index (χ3v) is 8.21. The minimum absolute atomic E-state index is 0.107. The van der Waals surface area contributed by atoms with E-state index in [-0.39, 0.29) is 18.2 Å². The quantitative estimate of drug-likeness (QED) is 0.335. The second-order valence-corrected chi connectivity index (χ2v) is 11.1. The van der Waals surface area contributed by atoms with Crippen molar-refractivity contribution >= 4 is 46.2 Å². The number of nitrogens with zero attached hydrogens (tertiary/aromatic N) is 7. The second kappa shape index (κ2) is 10.3. The zero-order valence-corrected chi connectivity index (χ0v) is 23.8. The molecule has 12 heteroatoms. The molecule has 4 heterocycles. The number of hydrogen-bond acceptors (Lipinski definition) is 7. The molecule has 2 fully saturated rings. The number of aromatic nitrogens is 4. The van der Waals surface area contributed by atoms with Crippen molar-refractivity contribution in [3.05, 3.63) is 85.5 Å². The normalized spacial score (nSPS) is 18.2. The molecule has 0 spiro atoms. The van der Waals surface area contributed by atoms with Crippen LogP contribution in [0.2, 0.25) is 5.02 Å². The largest absolute Gasteiger partial charge is 0.340 e. The number of halogens is 1. The van der Waals surface area contributed by atoms with Gasteiger partial charge in [-0.15, -0.1) is 0 Å². The van der Waals surface area contributed by atoms with Crippen LogP contribution in [-0.4, -0.2) is 67.6 Å². The Morgan fingerprint density at radius 1 is 0.927 bits per heavy atom. The van der Waals surface area contributed by atoms with E-state index in [9.17, 15) is 19.2 Å². The van der Waals surface area contributed by atoms with Gasteiger partial charge < -0.3 is 4.90 Å². The first-order valence-electron chi connectivity index (χ1n) is 13.5. The monoisotopic (exact) mass is 575 g/mol. The summed E-state index contributed by atoms with van der Waals surface area (Å²) in [5.74, 6) is 0.0890. The lowest BCUT2D eigenvalue weighted by atomic mass is 10.1. The van der Waals surface area contributed by atoms with Crippen LogP contribution in [0.3, 0.4) is 0 Å². The van der Waals surface area contributed by atoms with E-state index in [2.05, 4.69) is 11.0 Å². The first-order valence-corrected chi connectivity index (χ1v) is 13.8. The fourth-order valence-electron chi connectivity index (χ4n) is 5.84. The Kier molecular flexibility index (Phi) is 6.79. The predicted molar refractivity (Wildman–Crippen MR) is 157 cm³/mol. The average molecular weight is 576 g/mol. The Morgan fingerprint density at radius 2 is 1.66 bits per heavy atom. The Morgan fingerprint density at radius 3 is 2.37 bits per heavy atom. The predicted octanol–water partition coefficient (Wildman–Crippen LogP) is 1.90. The molecule has 2 amide bonds. The Bertz CT molecular complexity index is 1820. The van der Waals surface area contributed by atoms with Gasteiger partial charge in [-0.2, -0.15) is 4.98 Å². The van der Waals surface area contributed by atoms with E-state index >= 15 is 0 Å². The van der Waals surface area contributed by atoms with Gasteiger partial charge in [0.2, 0.25) is 11.9 Å². The summed E-state index contributed by atoms with van der Waals surface area (Å²) in [5.41, 5.74) is 2.45. The summed E-state index contributed by atoms with van der Waals surface area (Å²) >= 11 is 6.10. The van der Waals surface area contributed by atoms with Crippen LogP contribution in [0.4, 0.5) is 11.6 Å². The number of carbonyl (C=O) groups is 2. The molecule has 4 aromatic rings. The van der Waals surface area contributed by atoms with Gasteiger partial charge in [0.1, 0.15) is 0 Å². The first-order chi connectivity index (χ1) is 19.6. The highest BCUT2D eigenvalue weighted by molar-refractivity contribution is 6.31. The fourth-order valence-corrected chi connectivity index (χ4v) is 6.03. The molecule has 1 atom stereocenters. The van der Waals surface area contributed by atoms with Gasteiger partial charge in [0.05, 0.1) is 24.7 Å². The van der Waals surface area contributed by atoms with Gasteiger partial charge in [-0.05, 0) is 30.7 Å². The zero-order valence-electron chi connectivity index (χ0n) is 23.1. The number of aryl methyl sites for hydroxylation is 2. The van der Waals surface area contributed by atoms with Crippen LogP contribution in [-0.2, 0) is 30.2 Å². The van der Waals surface area contributed by atoms with Gasteiger partial charge in [-0.1, -0.05) is 47.5 Å². The van der Waals surface area contributed by atoms with Crippen molar-refractivity contribution in [3.8, 4) is 0 Å². The highest BCUT2D eigenvalue weighted by atomic mass is 35.5. The molecule has 6 rings (SSSR count). The van der Waals surface area contributed by atoms with Crippen LogP contribution in [0, 0.1) is 6.92 Å². The molecular weight excluding hydrogens is 546 g/mol. The molecular formula is C29H30ClN7O4. The minimum Gasteiger partial charge on any atom is -0.340 e. The number of piperazine rings is 1. The first kappa shape index (κ1) is 27.0. The van der Waals surface area contributed by atoms with Crippen molar-refractivity contribution in [1.82, 2.24) is 23.6 Å². The van der Waals surface area contributed by atoms with E-state index in [0.29, 0.717) is 60.5 Å². The van der Waals surface area contributed by atoms with Gasteiger partial charge in [-0.25, -0.2) is 9.69 Å². The Balaban J connectivity index is 1.30. The van der Waals surface area contributed by atoms with Crippen LogP contribution in [0.15, 0.2) is 58.1 Å². The maximum atomic E-state index is 13.3. The van der Waals surface area contributed by atoms with Gasteiger partial charge in [0.15, 0.2) is 11.2 Å². The van der Waals surface area contributed by atoms with Crippen LogP contribution in [0.5, 0.6) is 0 Å². The number of benzene rings is 2. The maximum Gasteiger partial charge on any atom is 0.332 e. The molecule has 2 aliphatic rings. The SMILES string of the molecule is Cc1cccc(Cn2c(N3CCN(C4CC(=O)N(c5cccc(Cl)c5)C4=O)CC3)nc3c2c(=O)n(C)c(=O)n3C)c1. The number of fused-ring (bicyclic) bond motifs is 1. The van der Waals surface area contributed by atoms with Crippen molar-refractivity contribution in [2.24, 2.45) is 14.1 Å². The van der Waals surface area contributed by atoms with Gasteiger partial charge in [-0.3, -0.25) is 33.0 Å². The molecule has 1 unspecified atom stereocenters. The lowest BCUT2D eigenvalue weighted by Gasteiger charge is -2.37. The highest BCUT2D eigenvalue weighted by Crippen LogP contribution is 2.29. The Labute approximate surface area is 240 Å². The summed E-state index contributed by atoms with van der Waals surface area (Å²) in [5, 5.41) is 0.459. The molecule has 0 N–H and O–H groups in total. The number of carbonyl (C=O) groups excluding carboxylic acids is 2. The number of imidazole rings is 1. The molecule has 11 nitrogen and oxygen atoms in total. The van der Waals surface area contributed by atoms with E-state index in [1.165, 1.54) is 16.5 Å². The van der Waals surface area contributed by atoms with E-state index in [4.69, 9.17) is 16.6 Å². The summed E-state index contributed by atoms with van der Waals surface area (Å²) < 4.78 is 4.38. The summed E-state index contributed by atoms with van der Waals surface area (Å²) in [7, 11) is 3.09. The molecule has 2 saturated heterocycles. The molecule has 0 radical (unpaired) electrons. The number of amides is 2. The standard InChI is InChI=1S/C29H30ClN7O4/c1-18-6-4-7-19(14-18)17-36-24-25(32(2)29(41)33(3)27(24)40)31-28(36)35-12-10-34(11-13-35)22-16-23(38)37(26(22)39)21-9-5-8-20(30)15-21/h4-9,14-15,22H,10-13,16-17H2,1-3H3. The lowest BCUT2D eigenvalue weighted by molar-refractivity contribution is -0.123. The van der Waals surface area contributed by atoms with Crippen molar-refractivity contribution in [2.45, 2.75) is 25.9 Å². The molecule has 2 aliphatic heterocycles. The highest BCUT2D eigenvalue weighted by Gasteiger charge is 2.43. The van der Waals surface area contributed by atoms with Gasteiger partial charge in [0.25, 0.3) is 11.5 Å². The molecule has 2 aromatic heterocycles. The number of rotatable bonds is 5. The van der Waals surface area contributed by atoms with E-state index < -0.39 is 17.3 Å². The average Bonchev–Trinajstić information content (AvgIpc) is 3.47. The van der Waals surface area contributed by atoms with Gasteiger partial charge in [0, 0.05) is 45.3 Å². The summed E-state index contributed by atoms with van der Waals surface area (Å²) in [6.07, 6.45) is 0.107. The molecule has 0 aliphatic carbocycles. The third-order valence-electron chi connectivity index (χ3n) is 7.98. The van der Waals surface area contributed by atoms with Crippen molar-refractivity contribution in [3.63, 3.8) is 0 Å². The zero-order chi connectivity index (χ0) is 29.0. The van der Waals surface area contributed by atoms with Crippen LogP contribution >= 0.6 is 11.6 Å². The topological polar surface area (TPSA) is 106 Å². The van der Waals surface area contributed by atoms with E-state index in [1.807, 2.05) is 34.6 Å². The maximum absolute atomic E-state index is 13.3. The second-order valence-electron chi connectivity index (χ2n) is 10.7. The molecule has 0 saturated carbocycles. The Hall–Kier alpha value is -4.22. The van der Waals surface area contributed by atoms with Crippen molar-refractivity contribution in [1.29, 1.82) is 0 Å². The van der Waals surface area contributed by atoms with E-state index in [1.54, 1.807) is 31.3 Å².